The van der Waals surface area contributed by atoms with Gasteiger partial charge >= 0.3 is 0 Å². The fourth-order valence-corrected chi connectivity index (χ4v) is 2.21. The zero-order chi connectivity index (χ0) is 18.6. The summed E-state index contributed by atoms with van der Waals surface area (Å²) in [5.41, 5.74) is 0.986. The van der Waals surface area contributed by atoms with Gasteiger partial charge < -0.3 is 14.9 Å². The van der Waals surface area contributed by atoms with Crippen molar-refractivity contribution in [3.8, 4) is 17.2 Å². The van der Waals surface area contributed by atoms with Crippen molar-refractivity contribution in [1.29, 1.82) is 0 Å². The van der Waals surface area contributed by atoms with Crippen molar-refractivity contribution in [2.45, 2.75) is 74.1 Å². The van der Waals surface area contributed by atoms with Gasteiger partial charge in [-0.1, -0.05) is 47.5 Å². The highest BCUT2D eigenvalue weighted by Crippen LogP contribution is 2.42. The molecule has 1 rings (SSSR count). The Kier molecular flexibility index (Phi) is 13.1. The number of carbonyl (C=O) groups is 1. The highest BCUT2D eigenvalue weighted by atomic mass is 16.5. The molecule has 2 N–H and O–H groups in total. The lowest BCUT2D eigenvalue weighted by Crippen LogP contribution is -2.04. The second kappa shape index (κ2) is 12.8. The van der Waals surface area contributed by atoms with Crippen LogP contribution in [-0.4, -0.2) is 23.1 Å². The maximum absolute atomic E-state index is 12.1. The third kappa shape index (κ3) is 6.12. The van der Waals surface area contributed by atoms with Gasteiger partial charge in [-0.3, -0.25) is 4.79 Å². The van der Waals surface area contributed by atoms with Crippen molar-refractivity contribution in [2.24, 2.45) is 0 Å². The Morgan fingerprint density at radius 3 is 1.74 bits per heavy atom. The van der Waals surface area contributed by atoms with Gasteiger partial charge in [0, 0.05) is 17.5 Å². The fourth-order valence-electron chi connectivity index (χ4n) is 2.21. The third-order valence-electron chi connectivity index (χ3n) is 3.36. The van der Waals surface area contributed by atoms with Crippen LogP contribution in [0.3, 0.4) is 0 Å². The van der Waals surface area contributed by atoms with Gasteiger partial charge in [-0.2, -0.15) is 0 Å². The topological polar surface area (TPSA) is 66.8 Å². The first-order valence-corrected chi connectivity index (χ1v) is 8.57. The van der Waals surface area contributed by atoms with Gasteiger partial charge in [0.25, 0.3) is 0 Å². The number of hydrogen-bond acceptors (Lipinski definition) is 4. The number of ether oxygens (including phenoxy) is 1. The van der Waals surface area contributed by atoms with Gasteiger partial charge in [0.2, 0.25) is 0 Å². The molecule has 0 aromatic heterocycles. The van der Waals surface area contributed by atoms with Crippen molar-refractivity contribution < 1.29 is 19.7 Å². The lowest BCUT2D eigenvalue weighted by molar-refractivity contribution is 0.0973. The predicted molar refractivity (Wildman–Crippen MR) is 97.0 cm³/mol. The summed E-state index contributed by atoms with van der Waals surface area (Å²) < 4.78 is 5.14. The van der Waals surface area contributed by atoms with E-state index in [1.54, 1.807) is 13.8 Å². The van der Waals surface area contributed by atoms with Crippen LogP contribution in [0.25, 0.3) is 0 Å². The first-order valence-electron chi connectivity index (χ1n) is 8.57. The highest BCUT2D eigenvalue weighted by molar-refractivity contribution is 6.02. The molecule has 0 saturated heterocycles. The molecule has 0 saturated carbocycles. The van der Waals surface area contributed by atoms with E-state index in [9.17, 15) is 15.0 Å². The number of unbranched alkanes of at least 4 members (excludes halogenated alkanes) is 2. The summed E-state index contributed by atoms with van der Waals surface area (Å²) >= 11 is 0. The number of methoxy groups -OCH3 is 1. The summed E-state index contributed by atoms with van der Waals surface area (Å²) in [7, 11) is 1.47. The maximum Gasteiger partial charge on any atom is 0.170 e. The second-order valence-electron chi connectivity index (χ2n) is 4.74. The fraction of sp³-hybridized carbons (Fsp3) is 0.632. The van der Waals surface area contributed by atoms with E-state index in [0.717, 1.165) is 19.3 Å². The molecule has 4 nitrogen and oxygen atoms in total. The van der Waals surface area contributed by atoms with E-state index in [1.807, 2.05) is 27.7 Å². The Balaban J connectivity index is 0. The van der Waals surface area contributed by atoms with E-state index in [-0.39, 0.29) is 22.8 Å². The molecular weight excluding hydrogens is 292 g/mol. The Morgan fingerprint density at radius 1 is 0.957 bits per heavy atom. The van der Waals surface area contributed by atoms with Crippen molar-refractivity contribution in [3.63, 3.8) is 0 Å². The molecule has 0 radical (unpaired) electrons. The summed E-state index contributed by atoms with van der Waals surface area (Å²) in [5.74, 6) is -0.166. The van der Waals surface area contributed by atoms with Crippen LogP contribution >= 0.6 is 0 Å². The van der Waals surface area contributed by atoms with Crippen molar-refractivity contribution in [3.05, 3.63) is 16.7 Å². The molecule has 0 aliphatic rings. The molecule has 0 spiro atoms. The SMILES string of the molecule is CC.CC.CCCCCC(=O)c1c(O)c(C)c(OC)c(C)c1O. The Labute approximate surface area is 141 Å². The number of rotatable bonds is 6. The van der Waals surface area contributed by atoms with Crippen LogP contribution < -0.4 is 4.74 Å². The third-order valence-corrected chi connectivity index (χ3v) is 3.36. The summed E-state index contributed by atoms with van der Waals surface area (Å²) in [6.07, 6.45) is 3.08. The normalized spacial score (nSPS) is 9.22. The van der Waals surface area contributed by atoms with Crippen molar-refractivity contribution in [1.82, 2.24) is 0 Å². The minimum atomic E-state index is -0.225. The van der Waals surface area contributed by atoms with Gasteiger partial charge in [0.05, 0.1) is 7.11 Å². The molecule has 134 valence electrons. The quantitative estimate of drug-likeness (QED) is 0.532. The molecule has 23 heavy (non-hydrogen) atoms. The van der Waals surface area contributed by atoms with E-state index < -0.39 is 0 Å². The van der Waals surface area contributed by atoms with E-state index in [0.29, 0.717) is 23.3 Å². The molecule has 0 fully saturated rings. The molecule has 1 aromatic carbocycles. The minimum absolute atomic E-state index is 0.0203. The van der Waals surface area contributed by atoms with Gasteiger partial charge in [-0.15, -0.1) is 0 Å². The average molecular weight is 326 g/mol. The zero-order valence-electron chi connectivity index (χ0n) is 16.0. The van der Waals surface area contributed by atoms with E-state index in [4.69, 9.17) is 4.74 Å². The number of hydrogen-bond donors (Lipinski definition) is 2. The highest BCUT2D eigenvalue weighted by Gasteiger charge is 2.23. The van der Waals surface area contributed by atoms with Gasteiger partial charge in [-0.05, 0) is 20.3 Å². The second-order valence-corrected chi connectivity index (χ2v) is 4.74. The lowest BCUT2D eigenvalue weighted by Gasteiger charge is -2.16. The van der Waals surface area contributed by atoms with Gasteiger partial charge in [0.15, 0.2) is 5.78 Å². The van der Waals surface area contributed by atoms with Crippen LogP contribution in [0, 0.1) is 13.8 Å². The predicted octanol–water partition coefficient (Wildman–Crippen LogP) is 5.54. The van der Waals surface area contributed by atoms with Crippen LogP contribution in [-0.2, 0) is 0 Å². The van der Waals surface area contributed by atoms with Crippen molar-refractivity contribution in [2.75, 3.05) is 7.11 Å². The molecule has 0 aliphatic carbocycles. The number of phenols is 2. The lowest BCUT2D eigenvalue weighted by atomic mass is 9.96. The van der Waals surface area contributed by atoms with E-state index >= 15 is 0 Å². The van der Waals surface area contributed by atoms with Crippen LogP contribution in [0.4, 0.5) is 0 Å². The summed E-state index contributed by atoms with van der Waals surface area (Å²) in [6.45, 7) is 13.4. The van der Waals surface area contributed by atoms with Crippen LogP contribution in [0.15, 0.2) is 0 Å². The molecule has 1 aromatic rings. The molecule has 0 unspecified atom stereocenters. The standard InChI is InChI=1S/C15H22O4.2C2H6/c1-5-6-7-8-11(16)12-13(17)9(2)15(19-4)10(3)14(12)18;2*1-2/h17-18H,5-8H2,1-4H3;2*1-2H3. The number of carbonyl (C=O) groups excluding carboxylic acids is 1. The number of phenolic OH excluding ortho intramolecular Hbond substituents is 2. The summed E-state index contributed by atoms with van der Waals surface area (Å²) in [4.78, 5) is 12.1. The minimum Gasteiger partial charge on any atom is -0.507 e. The number of benzene rings is 1. The zero-order valence-corrected chi connectivity index (χ0v) is 16.0. The molecule has 0 heterocycles. The smallest absolute Gasteiger partial charge is 0.170 e. The van der Waals surface area contributed by atoms with Gasteiger partial charge in [-0.25, -0.2) is 0 Å². The molecule has 4 heteroatoms. The molecular formula is C19H34O4. The average Bonchev–Trinajstić information content (AvgIpc) is 2.58. The Morgan fingerprint density at radius 2 is 1.39 bits per heavy atom. The number of ketones is 1. The van der Waals surface area contributed by atoms with E-state index in [2.05, 4.69) is 6.92 Å². The first kappa shape index (κ1) is 23.6. The van der Waals surface area contributed by atoms with E-state index in [1.165, 1.54) is 7.11 Å². The molecule has 0 amide bonds. The summed E-state index contributed by atoms with van der Waals surface area (Å²) in [5, 5.41) is 20.2. The van der Waals surface area contributed by atoms with Crippen LogP contribution in [0.1, 0.15) is 81.8 Å². The monoisotopic (exact) mass is 326 g/mol. The van der Waals surface area contributed by atoms with Crippen LogP contribution in [0.2, 0.25) is 0 Å². The number of aromatic hydroxyl groups is 2. The maximum atomic E-state index is 12.1. The molecule has 0 atom stereocenters. The Bertz CT molecular complexity index is 450. The van der Waals surface area contributed by atoms with Gasteiger partial charge in [0.1, 0.15) is 22.8 Å². The number of Topliss-reactive ketones (excluding diaryl/α,β-unsaturated/α-hetero) is 1. The first-order chi connectivity index (χ1) is 11.0. The molecule has 0 aliphatic heterocycles. The Hall–Kier alpha value is -1.71. The largest absolute Gasteiger partial charge is 0.507 e. The molecule has 0 bridgehead atoms. The van der Waals surface area contributed by atoms with Crippen molar-refractivity contribution >= 4 is 5.78 Å². The van der Waals surface area contributed by atoms with Crippen LogP contribution in [0.5, 0.6) is 17.2 Å². The summed E-state index contributed by atoms with van der Waals surface area (Å²) in [6, 6.07) is 0.